The topological polar surface area (TPSA) is 31.6 Å². The maximum Gasteiger partial charge on any atom is 0.498 e. The zero-order valence-electron chi connectivity index (χ0n) is 20.9. The fourth-order valence-electron chi connectivity index (χ4n) is 1.67. The van der Waals surface area contributed by atoms with Crippen molar-refractivity contribution >= 4 is 12.6 Å². The van der Waals surface area contributed by atoms with E-state index in [0.29, 0.717) is 0 Å². The summed E-state index contributed by atoms with van der Waals surface area (Å²) in [5.41, 5.74) is -1.75. The summed E-state index contributed by atoms with van der Waals surface area (Å²) < 4.78 is 93.3. The molecule has 1 aliphatic heterocycles. The monoisotopic (exact) mass is 260 g/mol. The lowest BCUT2D eigenvalue weighted by Gasteiger charge is -2.32. The van der Waals surface area contributed by atoms with Crippen LogP contribution in [0.4, 0.5) is 0 Å². The molecule has 1 aromatic heterocycles. The average molecular weight is 260 g/mol. The van der Waals surface area contributed by atoms with Crippen LogP contribution in [0.3, 0.4) is 0 Å². The third-order valence-corrected chi connectivity index (χ3v) is 3.45. The third kappa shape index (κ3) is 2.24. The molecule has 1 aromatic rings. The maximum absolute atomic E-state index is 8.04. The minimum absolute atomic E-state index is 0.126. The van der Waals surface area contributed by atoms with Gasteiger partial charge >= 0.3 is 7.12 Å². The number of furan rings is 1. The number of rotatable bonds is 3. The van der Waals surface area contributed by atoms with Crippen molar-refractivity contribution in [2.45, 2.75) is 65.3 Å². The molecule has 4 heteroatoms. The lowest BCUT2D eigenvalue weighted by molar-refractivity contribution is 0.00578. The number of hydrogen-bond acceptors (Lipinski definition) is 3. The lowest BCUT2D eigenvalue weighted by Crippen LogP contribution is -2.41. The second-order valence-corrected chi connectivity index (χ2v) is 5.23. The first-order valence-corrected chi connectivity index (χ1v) is 5.65. The molecular formula is C14H23BO3. The Bertz CT molecular complexity index is 732. The molecule has 0 amide bonds. The van der Waals surface area contributed by atoms with Crippen LogP contribution < -0.4 is 5.46 Å². The van der Waals surface area contributed by atoms with Crippen LogP contribution in [-0.2, 0) is 15.7 Å². The van der Waals surface area contributed by atoms with Crippen molar-refractivity contribution in [2.75, 3.05) is 0 Å². The maximum atomic E-state index is 8.04. The summed E-state index contributed by atoms with van der Waals surface area (Å²) in [4.78, 5) is 0. The molecule has 0 aromatic carbocycles. The second-order valence-electron chi connectivity index (χ2n) is 5.23. The second kappa shape index (κ2) is 4.43. The van der Waals surface area contributed by atoms with E-state index in [2.05, 4.69) is 0 Å². The zero-order valence-corrected chi connectivity index (χ0v) is 10.9. The Balaban J connectivity index is 2.61. The molecular weight excluding hydrogens is 227 g/mol. The van der Waals surface area contributed by atoms with Gasteiger partial charge in [-0.15, -0.1) is 0 Å². The van der Waals surface area contributed by atoms with Crippen LogP contribution in [0.5, 0.6) is 0 Å². The highest BCUT2D eigenvalue weighted by Crippen LogP contribution is 2.36. The van der Waals surface area contributed by atoms with Crippen molar-refractivity contribution in [3.05, 3.63) is 17.6 Å². The average Bonchev–Trinajstić information content (AvgIpc) is 2.97. The highest BCUT2D eigenvalue weighted by molar-refractivity contribution is 6.62. The van der Waals surface area contributed by atoms with Gasteiger partial charge in [-0.25, -0.2) is 0 Å². The van der Waals surface area contributed by atoms with Gasteiger partial charge < -0.3 is 13.7 Å². The van der Waals surface area contributed by atoms with E-state index in [1.807, 2.05) is 0 Å². The van der Waals surface area contributed by atoms with E-state index in [9.17, 15) is 0 Å². The lowest BCUT2D eigenvalue weighted by atomic mass is 9.79. The van der Waals surface area contributed by atoms with Gasteiger partial charge in [-0.05, 0) is 47.0 Å². The molecule has 0 atom stereocenters. The Morgan fingerprint density at radius 2 is 1.94 bits per heavy atom. The molecule has 0 N–H and O–H groups in total. The van der Waals surface area contributed by atoms with E-state index in [0.717, 1.165) is 6.07 Å². The Morgan fingerprint density at radius 3 is 2.50 bits per heavy atom. The number of aryl methyl sites for hydroxylation is 2. The fraction of sp³-hybridized carbons (Fsp3) is 0.714. The normalized spacial score (nSPS) is 32.8. The van der Waals surface area contributed by atoms with Gasteiger partial charge in [0.2, 0.25) is 0 Å². The van der Waals surface area contributed by atoms with E-state index < -0.39 is 56.3 Å². The molecule has 3 nitrogen and oxygen atoms in total. The molecule has 18 heavy (non-hydrogen) atoms. The standard InChI is InChI=1S/C14H23BO3/c1-7-8-11-9-12(10(2)16-11)15-17-13(3,4)14(5,6)18-15/h9H,7-8H2,1-6H3/i1D3,2D3,7D2,8D2. The van der Waals surface area contributed by atoms with Gasteiger partial charge in [0.1, 0.15) is 11.5 Å². The van der Waals surface area contributed by atoms with Gasteiger partial charge in [0.25, 0.3) is 0 Å². The molecule has 0 spiro atoms. The Morgan fingerprint density at radius 1 is 1.28 bits per heavy atom. The molecule has 0 aliphatic carbocycles. The number of hydrogen-bond donors (Lipinski definition) is 0. The minimum Gasteiger partial charge on any atom is -0.467 e. The molecule has 1 fully saturated rings. The van der Waals surface area contributed by atoms with Gasteiger partial charge in [-0.2, -0.15) is 0 Å². The van der Waals surface area contributed by atoms with Gasteiger partial charge in [0.05, 0.1) is 11.2 Å². The summed E-state index contributed by atoms with van der Waals surface area (Å²) in [6.45, 7) is 0.851. The molecule has 0 bridgehead atoms. The summed E-state index contributed by atoms with van der Waals surface area (Å²) in [5, 5.41) is 0. The Labute approximate surface area is 124 Å². The van der Waals surface area contributed by atoms with E-state index >= 15 is 0 Å². The quantitative estimate of drug-likeness (QED) is 0.783. The van der Waals surface area contributed by atoms with E-state index in [-0.39, 0.29) is 5.46 Å². The van der Waals surface area contributed by atoms with Crippen molar-refractivity contribution in [3.8, 4) is 0 Å². The summed E-state index contributed by atoms with van der Waals surface area (Å²) >= 11 is 0. The van der Waals surface area contributed by atoms with E-state index in [1.165, 1.54) is 0 Å². The van der Waals surface area contributed by atoms with Gasteiger partial charge in [0.15, 0.2) is 0 Å². The van der Waals surface area contributed by atoms with Crippen molar-refractivity contribution in [2.24, 2.45) is 0 Å². The highest BCUT2D eigenvalue weighted by atomic mass is 16.7. The van der Waals surface area contributed by atoms with E-state index in [1.54, 1.807) is 27.7 Å². The molecule has 0 unspecified atom stereocenters. The molecule has 1 aliphatic rings. The summed E-state index contributed by atoms with van der Waals surface area (Å²) in [6.07, 6.45) is -6.47. The van der Waals surface area contributed by atoms with Crippen molar-refractivity contribution in [3.63, 3.8) is 0 Å². The van der Waals surface area contributed by atoms with Crippen molar-refractivity contribution in [1.82, 2.24) is 0 Å². The largest absolute Gasteiger partial charge is 0.498 e. The summed E-state index contributed by atoms with van der Waals surface area (Å²) in [6, 6.07) is 0.966. The summed E-state index contributed by atoms with van der Waals surface area (Å²) in [7, 11) is -1.20. The van der Waals surface area contributed by atoms with Crippen LogP contribution in [0, 0.1) is 6.85 Å². The van der Waals surface area contributed by atoms with Crippen molar-refractivity contribution in [1.29, 1.82) is 0 Å². The van der Waals surface area contributed by atoms with Crippen molar-refractivity contribution < 1.29 is 27.4 Å². The third-order valence-electron chi connectivity index (χ3n) is 3.45. The SMILES string of the molecule is [2H]C([2H])([2H])c1oc(C([2H])([2H])C([2H])([2H])C([2H])([2H])[2H])cc1B1OC(C)(C)C(C)(C)O1. The van der Waals surface area contributed by atoms with E-state index in [4.69, 9.17) is 27.4 Å². The molecule has 0 radical (unpaired) electrons. The zero-order chi connectivity index (χ0) is 22.1. The predicted molar refractivity (Wildman–Crippen MR) is 73.2 cm³/mol. The molecule has 2 rings (SSSR count). The van der Waals surface area contributed by atoms with Gasteiger partial charge in [0, 0.05) is 25.5 Å². The Kier molecular flexibility index (Phi) is 1.41. The van der Waals surface area contributed by atoms with Crippen LogP contribution in [0.15, 0.2) is 10.5 Å². The van der Waals surface area contributed by atoms with Crippen LogP contribution in [0.1, 0.15) is 66.1 Å². The Hall–Kier alpha value is -0.735. The first-order chi connectivity index (χ1) is 12.2. The van der Waals surface area contributed by atoms with Crippen LogP contribution in [0.25, 0.3) is 0 Å². The van der Waals surface area contributed by atoms with Crippen LogP contribution >= 0.6 is 0 Å². The molecule has 2 heterocycles. The van der Waals surface area contributed by atoms with Gasteiger partial charge in [-0.1, -0.05) is 6.85 Å². The fourth-order valence-corrected chi connectivity index (χ4v) is 1.67. The first kappa shape index (κ1) is 5.72. The smallest absolute Gasteiger partial charge is 0.467 e. The molecule has 1 saturated heterocycles. The highest BCUT2D eigenvalue weighted by Gasteiger charge is 2.52. The molecule has 100 valence electrons. The predicted octanol–water partition coefficient (Wildman–Crippen LogP) is 2.84. The summed E-state index contributed by atoms with van der Waals surface area (Å²) in [5.74, 6) is -1.39. The van der Waals surface area contributed by atoms with Gasteiger partial charge in [-0.3, -0.25) is 0 Å². The molecule has 0 saturated carbocycles. The van der Waals surface area contributed by atoms with Crippen LogP contribution in [-0.4, -0.2) is 18.3 Å². The minimum atomic E-state index is -3.34. The van der Waals surface area contributed by atoms with Crippen LogP contribution in [0.2, 0.25) is 0 Å². The first-order valence-electron chi connectivity index (χ1n) is 10.7.